The van der Waals surface area contributed by atoms with Crippen molar-refractivity contribution in [1.29, 1.82) is 0 Å². The lowest BCUT2D eigenvalue weighted by Gasteiger charge is -2.03. The highest BCUT2D eigenvalue weighted by atomic mass is 35.5. The van der Waals surface area contributed by atoms with E-state index >= 15 is 0 Å². The van der Waals surface area contributed by atoms with E-state index in [1.165, 1.54) is 24.0 Å². The monoisotopic (exact) mass is 273 g/mol. The molecule has 0 fully saturated rings. The zero-order valence-corrected chi connectivity index (χ0v) is 10.3. The quantitative estimate of drug-likeness (QED) is 0.840. The van der Waals surface area contributed by atoms with E-state index in [1.54, 1.807) is 6.07 Å². The molecule has 0 radical (unpaired) electrons. The van der Waals surface area contributed by atoms with Crippen LogP contribution in [0.25, 0.3) is 11.4 Å². The molecule has 0 bridgehead atoms. The van der Waals surface area contributed by atoms with Crippen molar-refractivity contribution in [3.05, 3.63) is 23.5 Å². The van der Waals surface area contributed by atoms with Gasteiger partial charge in [0.05, 0.1) is 5.02 Å². The predicted octanol–water partition coefficient (Wildman–Crippen LogP) is 0.178. The van der Waals surface area contributed by atoms with E-state index in [0.29, 0.717) is 16.4 Å². The zero-order valence-electron chi connectivity index (χ0n) is 8.70. The molecule has 7 nitrogen and oxygen atoms in total. The fraction of sp³-hybridized carbons (Fsp3) is 0.125. The third-order valence-electron chi connectivity index (χ3n) is 2.10. The molecule has 0 aliphatic rings. The Kier molecular flexibility index (Phi) is 2.86. The van der Waals surface area contributed by atoms with Crippen LogP contribution in [0.1, 0.15) is 0 Å². The maximum Gasteiger partial charge on any atom is 0.273 e. The Bertz CT molecular complexity index is 666. The minimum Gasteiger partial charge on any atom is -0.300 e. The number of primary sulfonamides is 1. The van der Waals surface area contributed by atoms with Crippen molar-refractivity contribution in [2.45, 2.75) is 5.16 Å². The molecule has 0 saturated heterocycles. The summed E-state index contributed by atoms with van der Waals surface area (Å²) in [7, 11) is -2.41. The highest BCUT2D eigenvalue weighted by molar-refractivity contribution is 7.89. The van der Waals surface area contributed by atoms with E-state index in [2.05, 4.69) is 15.2 Å². The highest BCUT2D eigenvalue weighted by Crippen LogP contribution is 2.25. The van der Waals surface area contributed by atoms with Gasteiger partial charge in [-0.2, -0.15) is 0 Å². The number of rotatable bonds is 2. The van der Waals surface area contributed by atoms with Gasteiger partial charge in [0.25, 0.3) is 15.2 Å². The average Bonchev–Trinajstić information content (AvgIpc) is 2.60. The van der Waals surface area contributed by atoms with Crippen LogP contribution in [0.5, 0.6) is 0 Å². The first kappa shape index (κ1) is 12.0. The lowest BCUT2D eigenvalue weighted by atomic mass is 10.2. The molecule has 0 aromatic carbocycles. The molecule has 0 aliphatic carbocycles. The highest BCUT2D eigenvalue weighted by Gasteiger charge is 2.20. The lowest BCUT2D eigenvalue weighted by Crippen LogP contribution is -2.17. The molecule has 90 valence electrons. The fourth-order valence-electron chi connectivity index (χ4n) is 1.35. The van der Waals surface area contributed by atoms with Crippen LogP contribution in [0.2, 0.25) is 5.02 Å². The Morgan fingerprint density at radius 2 is 2.12 bits per heavy atom. The molecule has 17 heavy (non-hydrogen) atoms. The second kappa shape index (κ2) is 4.06. The number of hydrogen-bond donors (Lipinski definition) is 1. The zero-order chi connectivity index (χ0) is 12.6. The van der Waals surface area contributed by atoms with E-state index in [0.717, 1.165) is 0 Å². The van der Waals surface area contributed by atoms with Crippen LogP contribution in [0, 0.1) is 0 Å². The maximum atomic E-state index is 11.2. The summed E-state index contributed by atoms with van der Waals surface area (Å²) in [6.07, 6.45) is 2.95. The minimum absolute atomic E-state index is 0.307. The number of nitrogens with two attached hydrogens (primary N) is 1. The molecule has 0 saturated carbocycles. The second-order valence-corrected chi connectivity index (χ2v) is 5.13. The van der Waals surface area contributed by atoms with Gasteiger partial charge in [-0.1, -0.05) is 11.6 Å². The van der Waals surface area contributed by atoms with Crippen LogP contribution < -0.4 is 5.14 Å². The average molecular weight is 274 g/mol. The molecule has 2 heterocycles. The first-order valence-electron chi connectivity index (χ1n) is 4.43. The number of pyridine rings is 1. The standard InChI is InChI=1S/C8H8ClN5O2S/c1-14-7(5-2-3-11-4-6(5)9)12-13-8(14)17(10,15)16/h2-4H,1H3,(H2,10,15,16). The van der Waals surface area contributed by atoms with Crippen molar-refractivity contribution in [3.63, 3.8) is 0 Å². The molecule has 0 atom stereocenters. The Balaban J connectivity index is 2.64. The van der Waals surface area contributed by atoms with Crippen LogP contribution >= 0.6 is 11.6 Å². The molecule has 2 aromatic heterocycles. The second-order valence-electron chi connectivity index (χ2n) is 3.27. The Hall–Kier alpha value is -1.51. The third-order valence-corrected chi connectivity index (χ3v) is 3.27. The molecule has 2 aromatic rings. The number of nitrogens with zero attached hydrogens (tertiary/aromatic N) is 4. The van der Waals surface area contributed by atoms with Crippen molar-refractivity contribution in [1.82, 2.24) is 19.7 Å². The van der Waals surface area contributed by atoms with E-state index in [1.807, 2.05) is 0 Å². The summed E-state index contributed by atoms with van der Waals surface area (Å²) in [5, 5.41) is 12.3. The largest absolute Gasteiger partial charge is 0.300 e. The van der Waals surface area contributed by atoms with Crippen LogP contribution in [-0.2, 0) is 17.1 Å². The summed E-state index contributed by atoms with van der Waals surface area (Å²) in [6.45, 7) is 0. The van der Waals surface area contributed by atoms with Crippen LogP contribution in [0.3, 0.4) is 0 Å². The summed E-state index contributed by atoms with van der Waals surface area (Å²) in [4.78, 5) is 3.82. The van der Waals surface area contributed by atoms with Gasteiger partial charge in [0, 0.05) is 25.0 Å². The summed E-state index contributed by atoms with van der Waals surface area (Å²) in [5.74, 6) is 0.307. The summed E-state index contributed by atoms with van der Waals surface area (Å²) in [6, 6.07) is 1.61. The van der Waals surface area contributed by atoms with Crippen molar-refractivity contribution < 1.29 is 8.42 Å². The summed E-state index contributed by atoms with van der Waals surface area (Å²) >= 11 is 5.93. The van der Waals surface area contributed by atoms with Gasteiger partial charge in [0.2, 0.25) is 0 Å². The molecule has 2 N–H and O–H groups in total. The van der Waals surface area contributed by atoms with E-state index in [9.17, 15) is 8.42 Å². The molecule has 0 amide bonds. The van der Waals surface area contributed by atoms with Crippen molar-refractivity contribution in [3.8, 4) is 11.4 Å². The van der Waals surface area contributed by atoms with Crippen LogP contribution in [0.4, 0.5) is 0 Å². The number of aromatic nitrogens is 4. The number of halogens is 1. The normalized spacial score (nSPS) is 11.7. The molecule has 0 unspecified atom stereocenters. The van der Waals surface area contributed by atoms with Crippen LogP contribution in [0.15, 0.2) is 23.6 Å². The molecular formula is C8H8ClN5O2S. The molecular weight excluding hydrogens is 266 g/mol. The van der Waals surface area contributed by atoms with Gasteiger partial charge in [0.1, 0.15) is 0 Å². The predicted molar refractivity (Wildman–Crippen MR) is 60.6 cm³/mol. The maximum absolute atomic E-state index is 11.2. The van der Waals surface area contributed by atoms with Gasteiger partial charge >= 0.3 is 0 Å². The smallest absolute Gasteiger partial charge is 0.273 e. The van der Waals surface area contributed by atoms with Crippen LogP contribution in [-0.4, -0.2) is 28.2 Å². The van der Waals surface area contributed by atoms with E-state index in [-0.39, 0.29) is 5.16 Å². The first-order chi connectivity index (χ1) is 7.91. The third kappa shape index (κ3) is 2.14. The molecule has 0 spiro atoms. The Labute approximate surface area is 102 Å². The number of sulfonamides is 1. The molecule has 2 rings (SSSR count). The van der Waals surface area contributed by atoms with E-state index in [4.69, 9.17) is 16.7 Å². The lowest BCUT2D eigenvalue weighted by molar-refractivity contribution is 0.580. The van der Waals surface area contributed by atoms with Gasteiger partial charge in [-0.15, -0.1) is 10.2 Å². The van der Waals surface area contributed by atoms with Crippen molar-refractivity contribution in [2.75, 3.05) is 0 Å². The molecule has 9 heteroatoms. The minimum atomic E-state index is -3.90. The van der Waals surface area contributed by atoms with Gasteiger partial charge in [-0.25, -0.2) is 13.6 Å². The van der Waals surface area contributed by atoms with Crippen molar-refractivity contribution >= 4 is 21.6 Å². The topological polar surface area (TPSA) is 104 Å². The fourth-order valence-corrected chi connectivity index (χ4v) is 2.18. The summed E-state index contributed by atoms with van der Waals surface area (Å²) in [5.41, 5.74) is 0.534. The Morgan fingerprint density at radius 1 is 1.41 bits per heavy atom. The summed E-state index contributed by atoms with van der Waals surface area (Å²) < 4.78 is 23.6. The van der Waals surface area contributed by atoms with Gasteiger partial charge in [-0.05, 0) is 6.07 Å². The van der Waals surface area contributed by atoms with Gasteiger partial charge in [0.15, 0.2) is 5.82 Å². The molecule has 0 aliphatic heterocycles. The van der Waals surface area contributed by atoms with Gasteiger partial charge in [-0.3, -0.25) is 9.55 Å². The number of hydrogen-bond acceptors (Lipinski definition) is 5. The SMILES string of the molecule is Cn1c(-c2ccncc2Cl)nnc1S(N)(=O)=O. The van der Waals surface area contributed by atoms with Gasteiger partial charge < -0.3 is 0 Å². The first-order valence-corrected chi connectivity index (χ1v) is 6.36. The van der Waals surface area contributed by atoms with Crippen molar-refractivity contribution in [2.24, 2.45) is 12.2 Å². The van der Waals surface area contributed by atoms with E-state index < -0.39 is 10.0 Å². The Morgan fingerprint density at radius 3 is 2.65 bits per heavy atom.